The molecule has 0 aliphatic carbocycles. The van der Waals surface area contributed by atoms with Crippen molar-refractivity contribution in [1.82, 2.24) is 10.3 Å². The Morgan fingerprint density at radius 2 is 2.25 bits per heavy atom. The average molecular weight is 216 g/mol. The summed E-state index contributed by atoms with van der Waals surface area (Å²) in [7, 11) is 0. The number of furan rings is 1. The molecule has 3 heteroatoms. The Bertz CT molecular complexity index is 420. The Morgan fingerprint density at radius 3 is 2.88 bits per heavy atom. The fraction of sp³-hybridized carbons (Fsp3) is 0.308. The van der Waals surface area contributed by atoms with Crippen LogP contribution in [-0.2, 0) is 6.54 Å². The van der Waals surface area contributed by atoms with E-state index in [9.17, 15) is 0 Å². The predicted octanol–water partition coefficient (Wildman–Crippen LogP) is 2.83. The largest absolute Gasteiger partial charge is 0.468 e. The number of pyridine rings is 1. The molecule has 0 saturated carbocycles. The van der Waals surface area contributed by atoms with Crippen LogP contribution in [0.15, 0.2) is 41.1 Å². The first kappa shape index (κ1) is 10.9. The van der Waals surface area contributed by atoms with Gasteiger partial charge in [0.15, 0.2) is 0 Å². The molecular weight excluding hydrogens is 200 g/mol. The normalized spacial score (nSPS) is 12.6. The van der Waals surface area contributed by atoms with E-state index in [1.807, 2.05) is 31.3 Å². The van der Waals surface area contributed by atoms with Crippen LogP contribution < -0.4 is 5.32 Å². The number of nitrogens with zero attached hydrogens (tertiary/aromatic N) is 1. The lowest BCUT2D eigenvalue weighted by atomic mass is 10.2. The van der Waals surface area contributed by atoms with Crippen molar-refractivity contribution >= 4 is 0 Å². The molecule has 2 rings (SSSR count). The van der Waals surface area contributed by atoms with E-state index in [0.717, 1.165) is 18.0 Å². The molecule has 0 fully saturated rings. The molecule has 2 heterocycles. The predicted molar refractivity (Wildman–Crippen MR) is 62.9 cm³/mol. The molecule has 1 unspecified atom stereocenters. The van der Waals surface area contributed by atoms with Crippen molar-refractivity contribution in [2.24, 2.45) is 0 Å². The number of aryl methyl sites for hydroxylation is 1. The van der Waals surface area contributed by atoms with Gasteiger partial charge in [0, 0.05) is 12.7 Å². The molecule has 16 heavy (non-hydrogen) atoms. The van der Waals surface area contributed by atoms with Crippen molar-refractivity contribution in [3.05, 3.63) is 53.7 Å². The zero-order valence-electron chi connectivity index (χ0n) is 9.60. The maximum atomic E-state index is 5.32. The summed E-state index contributed by atoms with van der Waals surface area (Å²) in [5.41, 5.74) is 2.23. The molecule has 84 valence electrons. The zero-order valence-corrected chi connectivity index (χ0v) is 9.60. The first-order valence-electron chi connectivity index (χ1n) is 5.44. The molecular formula is C13H16N2O. The van der Waals surface area contributed by atoms with E-state index < -0.39 is 0 Å². The molecule has 0 radical (unpaired) electrons. The van der Waals surface area contributed by atoms with Crippen molar-refractivity contribution < 1.29 is 4.42 Å². The second-order valence-corrected chi connectivity index (χ2v) is 3.94. The SMILES string of the molecule is Cc1ccc(CNC(C)c2ccco2)nc1. The van der Waals surface area contributed by atoms with E-state index in [1.54, 1.807) is 6.26 Å². The van der Waals surface area contributed by atoms with Gasteiger partial charge in [-0.3, -0.25) is 4.98 Å². The molecule has 1 atom stereocenters. The van der Waals surface area contributed by atoms with Crippen LogP contribution in [0.1, 0.15) is 30.0 Å². The van der Waals surface area contributed by atoms with Gasteiger partial charge in [-0.1, -0.05) is 6.07 Å². The fourth-order valence-corrected chi connectivity index (χ4v) is 1.50. The molecule has 0 aliphatic rings. The number of hydrogen-bond donors (Lipinski definition) is 1. The van der Waals surface area contributed by atoms with Crippen molar-refractivity contribution in [3.8, 4) is 0 Å². The highest BCUT2D eigenvalue weighted by molar-refractivity contribution is 5.12. The quantitative estimate of drug-likeness (QED) is 0.854. The number of hydrogen-bond acceptors (Lipinski definition) is 3. The standard InChI is InChI=1S/C13H16N2O/c1-10-5-6-12(15-8-10)9-14-11(2)13-4-3-7-16-13/h3-8,11,14H,9H2,1-2H3. The maximum Gasteiger partial charge on any atom is 0.120 e. The lowest BCUT2D eigenvalue weighted by Gasteiger charge is -2.10. The van der Waals surface area contributed by atoms with Gasteiger partial charge in [-0.25, -0.2) is 0 Å². The minimum absolute atomic E-state index is 0.207. The molecule has 0 amide bonds. The summed E-state index contributed by atoms with van der Waals surface area (Å²) in [6.07, 6.45) is 3.58. The van der Waals surface area contributed by atoms with Gasteiger partial charge >= 0.3 is 0 Å². The monoisotopic (exact) mass is 216 g/mol. The highest BCUT2D eigenvalue weighted by atomic mass is 16.3. The van der Waals surface area contributed by atoms with Crippen LogP contribution in [0.25, 0.3) is 0 Å². The number of aromatic nitrogens is 1. The summed E-state index contributed by atoms with van der Waals surface area (Å²) in [6, 6.07) is 8.19. The van der Waals surface area contributed by atoms with Crippen LogP contribution in [-0.4, -0.2) is 4.98 Å². The molecule has 2 aromatic heterocycles. The summed E-state index contributed by atoms with van der Waals surface area (Å²) in [5.74, 6) is 0.951. The Morgan fingerprint density at radius 1 is 1.38 bits per heavy atom. The van der Waals surface area contributed by atoms with Crippen LogP contribution in [0.4, 0.5) is 0 Å². The van der Waals surface area contributed by atoms with Gasteiger partial charge in [0.2, 0.25) is 0 Å². The molecule has 0 aliphatic heterocycles. The second-order valence-electron chi connectivity index (χ2n) is 3.94. The molecule has 0 saturated heterocycles. The summed E-state index contributed by atoms with van der Waals surface area (Å²) < 4.78 is 5.32. The minimum Gasteiger partial charge on any atom is -0.468 e. The molecule has 0 spiro atoms. The van der Waals surface area contributed by atoms with Crippen LogP contribution in [0, 0.1) is 6.92 Å². The van der Waals surface area contributed by atoms with Gasteiger partial charge < -0.3 is 9.73 Å². The Kier molecular flexibility index (Phi) is 3.37. The van der Waals surface area contributed by atoms with E-state index in [1.165, 1.54) is 5.56 Å². The second kappa shape index (κ2) is 4.94. The highest BCUT2D eigenvalue weighted by Crippen LogP contribution is 2.12. The molecule has 0 aromatic carbocycles. The van der Waals surface area contributed by atoms with E-state index in [4.69, 9.17) is 4.42 Å². The number of nitrogens with one attached hydrogen (secondary N) is 1. The van der Waals surface area contributed by atoms with Gasteiger partial charge in [-0.15, -0.1) is 0 Å². The van der Waals surface area contributed by atoms with E-state index in [0.29, 0.717) is 0 Å². The summed E-state index contributed by atoms with van der Waals surface area (Å²) in [6.45, 7) is 4.87. The van der Waals surface area contributed by atoms with Crippen LogP contribution >= 0.6 is 0 Å². The first-order valence-corrected chi connectivity index (χ1v) is 5.44. The summed E-state index contributed by atoms with van der Waals surface area (Å²) >= 11 is 0. The third kappa shape index (κ3) is 2.70. The van der Waals surface area contributed by atoms with Gasteiger partial charge in [0.05, 0.1) is 18.0 Å². The van der Waals surface area contributed by atoms with Crippen molar-refractivity contribution in [2.45, 2.75) is 26.4 Å². The van der Waals surface area contributed by atoms with Gasteiger partial charge in [-0.2, -0.15) is 0 Å². The van der Waals surface area contributed by atoms with Gasteiger partial charge in [0.25, 0.3) is 0 Å². The van der Waals surface area contributed by atoms with Gasteiger partial charge in [0.1, 0.15) is 5.76 Å². The highest BCUT2D eigenvalue weighted by Gasteiger charge is 2.07. The third-order valence-corrected chi connectivity index (χ3v) is 2.53. The summed E-state index contributed by atoms with van der Waals surface area (Å²) in [5, 5.41) is 3.36. The molecule has 3 nitrogen and oxygen atoms in total. The Balaban J connectivity index is 1.90. The van der Waals surface area contributed by atoms with Gasteiger partial charge in [-0.05, 0) is 37.6 Å². The maximum absolute atomic E-state index is 5.32. The third-order valence-electron chi connectivity index (χ3n) is 2.53. The fourth-order valence-electron chi connectivity index (χ4n) is 1.50. The van der Waals surface area contributed by atoms with E-state index in [-0.39, 0.29) is 6.04 Å². The zero-order chi connectivity index (χ0) is 11.4. The summed E-state index contributed by atoms with van der Waals surface area (Å²) in [4.78, 5) is 4.34. The van der Waals surface area contributed by atoms with Crippen molar-refractivity contribution in [3.63, 3.8) is 0 Å². The molecule has 0 bridgehead atoms. The van der Waals surface area contributed by atoms with Crippen LogP contribution in [0.3, 0.4) is 0 Å². The Hall–Kier alpha value is -1.61. The number of rotatable bonds is 4. The van der Waals surface area contributed by atoms with E-state index >= 15 is 0 Å². The average Bonchev–Trinajstić information content (AvgIpc) is 2.81. The van der Waals surface area contributed by atoms with Crippen molar-refractivity contribution in [1.29, 1.82) is 0 Å². The topological polar surface area (TPSA) is 38.1 Å². The van der Waals surface area contributed by atoms with Crippen LogP contribution in [0.2, 0.25) is 0 Å². The Labute approximate surface area is 95.5 Å². The smallest absolute Gasteiger partial charge is 0.120 e. The van der Waals surface area contributed by atoms with Crippen LogP contribution in [0.5, 0.6) is 0 Å². The lowest BCUT2D eigenvalue weighted by molar-refractivity contribution is 0.429. The van der Waals surface area contributed by atoms with E-state index in [2.05, 4.69) is 23.3 Å². The first-order chi connectivity index (χ1) is 7.75. The molecule has 2 aromatic rings. The van der Waals surface area contributed by atoms with Crippen molar-refractivity contribution in [2.75, 3.05) is 0 Å². The molecule has 1 N–H and O–H groups in total. The lowest BCUT2D eigenvalue weighted by Crippen LogP contribution is -2.18. The minimum atomic E-state index is 0.207.